The monoisotopic (exact) mass is 290 g/mol. The highest BCUT2D eigenvalue weighted by molar-refractivity contribution is 5.92. The minimum absolute atomic E-state index is 0.0360. The van der Waals surface area contributed by atoms with E-state index in [4.69, 9.17) is 10.4 Å². The number of carbonyl (C=O) groups is 1. The normalized spacial score (nSPS) is 10.1. The van der Waals surface area contributed by atoms with Gasteiger partial charge in [-0.2, -0.15) is 5.26 Å². The summed E-state index contributed by atoms with van der Waals surface area (Å²) in [5.74, 6) is -1.10. The maximum Gasteiger partial charge on any atom is 0.356 e. The Bertz CT molecular complexity index is 858. The summed E-state index contributed by atoms with van der Waals surface area (Å²) in [5.41, 5.74) is 3.49. The van der Waals surface area contributed by atoms with E-state index in [9.17, 15) is 4.79 Å². The van der Waals surface area contributed by atoms with Crippen molar-refractivity contribution in [2.75, 3.05) is 0 Å². The first-order valence-electron chi connectivity index (χ1n) is 6.44. The van der Waals surface area contributed by atoms with Crippen molar-refractivity contribution in [3.05, 3.63) is 59.8 Å². The standard InChI is InChI=1S/C16H10N4O2/c17-9-10-1-3-11(4-2-10)12-5-7-13(8-6-12)14-15(16(21)22)19-20-18-14/h1-8H,(H,21,22)(H,18,19,20). The summed E-state index contributed by atoms with van der Waals surface area (Å²) in [5, 5.41) is 27.6. The van der Waals surface area contributed by atoms with Crippen molar-refractivity contribution < 1.29 is 9.90 Å². The van der Waals surface area contributed by atoms with Gasteiger partial charge in [0.1, 0.15) is 5.69 Å². The van der Waals surface area contributed by atoms with E-state index < -0.39 is 5.97 Å². The van der Waals surface area contributed by atoms with Gasteiger partial charge in [-0.1, -0.05) is 41.6 Å². The summed E-state index contributed by atoms with van der Waals surface area (Å²) in [6.45, 7) is 0. The van der Waals surface area contributed by atoms with Crippen LogP contribution in [-0.2, 0) is 0 Å². The molecule has 0 saturated carbocycles. The second-order valence-corrected chi connectivity index (χ2v) is 4.61. The average Bonchev–Trinajstić information content (AvgIpc) is 3.05. The molecule has 6 heteroatoms. The van der Waals surface area contributed by atoms with Gasteiger partial charge in [0.2, 0.25) is 0 Å². The van der Waals surface area contributed by atoms with Crippen molar-refractivity contribution >= 4 is 5.97 Å². The Balaban J connectivity index is 1.94. The molecule has 6 nitrogen and oxygen atoms in total. The third kappa shape index (κ3) is 2.43. The Morgan fingerprint density at radius 2 is 1.55 bits per heavy atom. The lowest BCUT2D eigenvalue weighted by molar-refractivity contribution is 0.0691. The molecule has 3 aromatic rings. The number of H-pyrrole nitrogens is 1. The highest BCUT2D eigenvalue weighted by Gasteiger charge is 2.15. The van der Waals surface area contributed by atoms with Crippen molar-refractivity contribution in [2.45, 2.75) is 0 Å². The molecule has 22 heavy (non-hydrogen) atoms. The number of aromatic nitrogens is 3. The third-order valence-electron chi connectivity index (χ3n) is 3.27. The van der Waals surface area contributed by atoms with Gasteiger partial charge in [-0.05, 0) is 23.3 Å². The summed E-state index contributed by atoms with van der Waals surface area (Å²) in [6, 6.07) is 16.6. The second kappa shape index (κ2) is 5.50. The molecule has 106 valence electrons. The molecule has 0 saturated heterocycles. The fourth-order valence-corrected chi connectivity index (χ4v) is 2.14. The van der Waals surface area contributed by atoms with Crippen molar-refractivity contribution in [2.24, 2.45) is 0 Å². The van der Waals surface area contributed by atoms with E-state index in [2.05, 4.69) is 21.5 Å². The Morgan fingerprint density at radius 3 is 2.09 bits per heavy atom. The van der Waals surface area contributed by atoms with Crippen LogP contribution in [0.4, 0.5) is 0 Å². The molecule has 0 amide bonds. The molecule has 2 N–H and O–H groups in total. The van der Waals surface area contributed by atoms with Crippen LogP contribution in [0.2, 0.25) is 0 Å². The van der Waals surface area contributed by atoms with Gasteiger partial charge in [0, 0.05) is 5.56 Å². The Morgan fingerprint density at radius 1 is 1.00 bits per heavy atom. The quantitative estimate of drug-likeness (QED) is 0.772. The molecule has 0 bridgehead atoms. The molecule has 0 aliphatic carbocycles. The summed E-state index contributed by atoms with van der Waals surface area (Å²) < 4.78 is 0. The minimum Gasteiger partial charge on any atom is -0.476 e. The molecule has 2 aromatic carbocycles. The van der Waals surface area contributed by atoms with E-state index in [-0.39, 0.29) is 5.69 Å². The van der Waals surface area contributed by atoms with Gasteiger partial charge < -0.3 is 5.11 Å². The molecule has 0 unspecified atom stereocenters. The maximum atomic E-state index is 11.1. The maximum absolute atomic E-state index is 11.1. The number of aromatic amines is 1. The number of nitrogens with zero attached hydrogens (tertiary/aromatic N) is 3. The number of nitrogens with one attached hydrogen (secondary N) is 1. The predicted octanol–water partition coefficient (Wildman–Crippen LogP) is 2.71. The first kappa shape index (κ1) is 13.5. The molecule has 3 rings (SSSR count). The average molecular weight is 290 g/mol. The highest BCUT2D eigenvalue weighted by atomic mass is 16.4. The topological polar surface area (TPSA) is 103 Å². The van der Waals surface area contributed by atoms with Gasteiger partial charge in [-0.15, -0.1) is 5.10 Å². The molecule has 0 aliphatic rings. The Hall–Kier alpha value is -3.46. The number of hydrogen-bond acceptors (Lipinski definition) is 4. The number of carboxylic acids is 1. The van der Waals surface area contributed by atoms with Gasteiger partial charge in [0.25, 0.3) is 0 Å². The largest absolute Gasteiger partial charge is 0.476 e. The van der Waals surface area contributed by atoms with Crippen molar-refractivity contribution in [1.29, 1.82) is 5.26 Å². The summed E-state index contributed by atoms with van der Waals surface area (Å²) in [4.78, 5) is 11.1. The zero-order valence-corrected chi connectivity index (χ0v) is 11.3. The van der Waals surface area contributed by atoms with Crippen molar-refractivity contribution in [1.82, 2.24) is 15.4 Å². The number of aromatic carboxylic acids is 1. The van der Waals surface area contributed by atoms with Gasteiger partial charge in [0.15, 0.2) is 5.69 Å². The van der Waals surface area contributed by atoms with Crippen LogP contribution in [0, 0.1) is 11.3 Å². The van der Waals surface area contributed by atoms with Crippen LogP contribution in [0.15, 0.2) is 48.5 Å². The zero-order chi connectivity index (χ0) is 15.5. The molecular formula is C16H10N4O2. The molecule has 0 fully saturated rings. The second-order valence-electron chi connectivity index (χ2n) is 4.61. The van der Waals surface area contributed by atoms with Crippen LogP contribution in [-0.4, -0.2) is 26.5 Å². The molecule has 0 aliphatic heterocycles. The predicted molar refractivity (Wildman–Crippen MR) is 78.9 cm³/mol. The third-order valence-corrected chi connectivity index (χ3v) is 3.27. The fourth-order valence-electron chi connectivity index (χ4n) is 2.14. The number of nitriles is 1. The van der Waals surface area contributed by atoms with E-state index >= 15 is 0 Å². The van der Waals surface area contributed by atoms with E-state index in [0.29, 0.717) is 16.8 Å². The molecule has 0 radical (unpaired) electrons. The van der Waals surface area contributed by atoms with E-state index in [1.165, 1.54) is 0 Å². The first-order chi connectivity index (χ1) is 10.7. The van der Waals surface area contributed by atoms with Crippen LogP contribution >= 0.6 is 0 Å². The highest BCUT2D eigenvalue weighted by Crippen LogP contribution is 2.25. The van der Waals surface area contributed by atoms with E-state index in [0.717, 1.165) is 11.1 Å². The van der Waals surface area contributed by atoms with Crippen LogP contribution in [0.1, 0.15) is 16.1 Å². The van der Waals surface area contributed by atoms with Gasteiger partial charge in [0.05, 0.1) is 11.6 Å². The zero-order valence-electron chi connectivity index (χ0n) is 11.3. The Kier molecular flexibility index (Phi) is 3.38. The lowest BCUT2D eigenvalue weighted by atomic mass is 10.0. The van der Waals surface area contributed by atoms with Crippen LogP contribution < -0.4 is 0 Å². The molecular weight excluding hydrogens is 280 g/mol. The lowest BCUT2D eigenvalue weighted by Gasteiger charge is -2.03. The fraction of sp³-hybridized carbons (Fsp3) is 0. The van der Waals surface area contributed by atoms with Gasteiger partial charge in [-0.3, -0.25) is 5.10 Å². The summed E-state index contributed by atoms with van der Waals surface area (Å²) >= 11 is 0. The number of rotatable bonds is 3. The SMILES string of the molecule is N#Cc1ccc(-c2ccc(-c3nn[nH]c3C(=O)O)cc2)cc1. The number of hydrogen-bond donors (Lipinski definition) is 2. The van der Waals surface area contributed by atoms with Crippen molar-refractivity contribution in [3.8, 4) is 28.5 Å². The first-order valence-corrected chi connectivity index (χ1v) is 6.44. The number of benzene rings is 2. The molecule has 0 atom stereocenters. The minimum atomic E-state index is -1.10. The van der Waals surface area contributed by atoms with Gasteiger partial charge >= 0.3 is 5.97 Å². The molecule has 1 heterocycles. The van der Waals surface area contributed by atoms with Gasteiger partial charge in [-0.25, -0.2) is 4.79 Å². The smallest absolute Gasteiger partial charge is 0.356 e. The summed E-state index contributed by atoms with van der Waals surface area (Å²) in [7, 11) is 0. The molecule has 1 aromatic heterocycles. The summed E-state index contributed by atoms with van der Waals surface area (Å²) in [6.07, 6.45) is 0. The molecule has 0 spiro atoms. The number of carboxylic acid groups (broad SMARTS) is 1. The van der Waals surface area contributed by atoms with Crippen molar-refractivity contribution in [3.63, 3.8) is 0 Å². The van der Waals surface area contributed by atoms with E-state index in [1.807, 2.05) is 24.3 Å². The van der Waals surface area contributed by atoms with Crippen LogP contribution in [0.3, 0.4) is 0 Å². The van der Waals surface area contributed by atoms with E-state index in [1.54, 1.807) is 24.3 Å². The lowest BCUT2D eigenvalue weighted by Crippen LogP contribution is -1.99. The van der Waals surface area contributed by atoms with Crippen LogP contribution in [0.5, 0.6) is 0 Å². The Labute approximate surface area is 125 Å². The van der Waals surface area contributed by atoms with Crippen LogP contribution in [0.25, 0.3) is 22.4 Å².